The zero-order valence-electron chi connectivity index (χ0n) is 9.58. The van der Waals surface area contributed by atoms with Gasteiger partial charge >= 0.3 is 0 Å². The van der Waals surface area contributed by atoms with E-state index in [-0.39, 0.29) is 0 Å². The Morgan fingerprint density at radius 1 is 1.20 bits per heavy atom. The Balaban J connectivity index is 1.78. The van der Waals surface area contributed by atoms with Gasteiger partial charge in [0.1, 0.15) is 0 Å². The molecule has 1 N–H and O–H groups in total. The van der Waals surface area contributed by atoms with Crippen molar-refractivity contribution in [1.82, 2.24) is 5.32 Å². The first kappa shape index (κ1) is 10.7. The van der Waals surface area contributed by atoms with Crippen LogP contribution in [0.15, 0.2) is 30.3 Å². The number of benzene rings is 1. The lowest BCUT2D eigenvalue weighted by atomic mass is 9.87. The van der Waals surface area contributed by atoms with Gasteiger partial charge in [-0.1, -0.05) is 50.1 Å². The summed E-state index contributed by atoms with van der Waals surface area (Å²) in [5, 5.41) is 3.67. The van der Waals surface area contributed by atoms with Gasteiger partial charge in [-0.2, -0.15) is 0 Å². The van der Waals surface area contributed by atoms with Gasteiger partial charge in [0.05, 0.1) is 0 Å². The summed E-state index contributed by atoms with van der Waals surface area (Å²) in [6.45, 7) is 3.40. The molecule has 0 unspecified atom stereocenters. The van der Waals surface area contributed by atoms with E-state index in [9.17, 15) is 0 Å². The molecule has 1 saturated carbocycles. The highest BCUT2D eigenvalue weighted by Crippen LogP contribution is 2.23. The summed E-state index contributed by atoms with van der Waals surface area (Å²) >= 11 is 0. The molecule has 0 aliphatic heterocycles. The van der Waals surface area contributed by atoms with Crippen molar-refractivity contribution in [1.29, 1.82) is 0 Å². The molecule has 0 saturated heterocycles. The summed E-state index contributed by atoms with van der Waals surface area (Å²) in [5.74, 6) is 0.909. The van der Waals surface area contributed by atoms with Crippen molar-refractivity contribution in [3.05, 3.63) is 35.9 Å². The Morgan fingerprint density at radius 2 is 2.00 bits per heavy atom. The third-order valence-corrected chi connectivity index (χ3v) is 3.37. The van der Waals surface area contributed by atoms with Crippen molar-refractivity contribution >= 4 is 0 Å². The fraction of sp³-hybridized carbons (Fsp3) is 0.571. The quantitative estimate of drug-likeness (QED) is 0.794. The van der Waals surface area contributed by atoms with E-state index in [4.69, 9.17) is 0 Å². The molecule has 0 radical (unpaired) electrons. The number of hydrogen-bond donors (Lipinski definition) is 1. The minimum absolute atomic E-state index is 0.744. The molecule has 82 valence electrons. The smallest absolute Gasteiger partial charge is 0.0208 e. The van der Waals surface area contributed by atoms with Crippen LogP contribution in [0, 0.1) is 5.92 Å². The summed E-state index contributed by atoms with van der Waals surface area (Å²) in [4.78, 5) is 0. The molecule has 0 amide bonds. The molecule has 0 spiro atoms. The van der Waals surface area contributed by atoms with Crippen molar-refractivity contribution in [2.45, 2.75) is 45.2 Å². The topological polar surface area (TPSA) is 12.0 Å². The molecule has 1 fully saturated rings. The van der Waals surface area contributed by atoms with Crippen LogP contribution in [0.3, 0.4) is 0 Å². The second kappa shape index (κ2) is 5.32. The van der Waals surface area contributed by atoms with E-state index < -0.39 is 0 Å². The summed E-state index contributed by atoms with van der Waals surface area (Å²) < 4.78 is 0. The Morgan fingerprint density at radius 3 is 2.73 bits per heavy atom. The molecule has 15 heavy (non-hydrogen) atoms. The molecule has 1 aliphatic rings. The number of hydrogen-bond acceptors (Lipinski definition) is 1. The molecule has 1 aromatic rings. The molecule has 1 heteroatoms. The van der Waals surface area contributed by atoms with Gasteiger partial charge in [-0.05, 0) is 24.3 Å². The minimum atomic E-state index is 0.744. The van der Waals surface area contributed by atoms with Gasteiger partial charge in [-0.3, -0.25) is 0 Å². The summed E-state index contributed by atoms with van der Waals surface area (Å²) in [5.41, 5.74) is 1.40. The molecule has 0 aromatic heterocycles. The highest BCUT2D eigenvalue weighted by atomic mass is 14.9. The van der Waals surface area contributed by atoms with Crippen LogP contribution in [0.5, 0.6) is 0 Å². The molecule has 1 aromatic carbocycles. The molecule has 2 atom stereocenters. The Kier molecular flexibility index (Phi) is 3.79. The van der Waals surface area contributed by atoms with Gasteiger partial charge in [-0.25, -0.2) is 0 Å². The van der Waals surface area contributed by atoms with Crippen molar-refractivity contribution in [3.63, 3.8) is 0 Å². The first-order valence-corrected chi connectivity index (χ1v) is 6.12. The van der Waals surface area contributed by atoms with Crippen LogP contribution in [-0.4, -0.2) is 6.04 Å². The fourth-order valence-electron chi connectivity index (χ4n) is 2.48. The number of rotatable bonds is 3. The van der Waals surface area contributed by atoms with Crippen LogP contribution in [0.2, 0.25) is 0 Å². The molecular formula is C14H21N. The van der Waals surface area contributed by atoms with Gasteiger partial charge in [0.25, 0.3) is 0 Å². The van der Waals surface area contributed by atoms with Gasteiger partial charge < -0.3 is 5.32 Å². The van der Waals surface area contributed by atoms with Crippen molar-refractivity contribution in [2.75, 3.05) is 0 Å². The summed E-state index contributed by atoms with van der Waals surface area (Å²) in [7, 11) is 0. The van der Waals surface area contributed by atoms with Crippen LogP contribution in [0.4, 0.5) is 0 Å². The maximum Gasteiger partial charge on any atom is 0.0208 e. The molecule has 0 bridgehead atoms. The lowest BCUT2D eigenvalue weighted by molar-refractivity contribution is 0.300. The van der Waals surface area contributed by atoms with Crippen LogP contribution in [-0.2, 0) is 6.54 Å². The third kappa shape index (κ3) is 3.35. The average Bonchev–Trinajstić information content (AvgIpc) is 2.28. The lowest BCUT2D eigenvalue weighted by Gasteiger charge is -2.27. The minimum Gasteiger partial charge on any atom is -0.310 e. The van der Waals surface area contributed by atoms with Gasteiger partial charge in [0.2, 0.25) is 0 Å². The molecule has 1 nitrogen and oxygen atoms in total. The van der Waals surface area contributed by atoms with Gasteiger partial charge in [0.15, 0.2) is 0 Å². The first-order valence-electron chi connectivity index (χ1n) is 6.12. The van der Waals surface area contributed by atoms with Crippen LogP contribution in [0.1, 0.15) is 38.2 Å². The van der Waals surface area contributed by atoms with Crippen molar-refractivity contribution in [2.24, 2.45) is 5.92 Å². The third-order valence-electron chi connectivity index (χ3n) is 3.37. The standard InChI is InChI=1S/C14H21N/c1-12-6-5-9-14(10-12)15-11-13-7-3-2-4-8-13/h2-4,7-8,12,14-15H,5-6,9-11H2,1H3/t12-,14+/m0/s1. The van der Waals surface area contributed by atoms with Crippen LogP contribution in [0.25, 0.3) is 0 Å². The van der Waals surface area contributed by atoms with E-state index in [1.165, 1.54) is 31.2 Å². The summed E-state index contributed by atoms with van der Waals surface area (Å²) in [6, 6.07) is 11.4. The zero-order valence-corrected chi connectivity index (χ0v) is 9.58. The predicted octanol–water partition coefficient (Wildman–Crippen LogP) is 3.35. The molecule has 1 aliphatic carbocycles. The van der Waals surface area contributed by atoms with E-state index in [0.717, 1.165) is 18.5 Å². The first-order chi connectivity index (χ1) is 7.34. The van der Waals surface area contributed by atoms with E-state index in [1.54, 1.807) is 0 Å². The normalized spacial score (nSPS) is 26.5. The predicted molar refractivity (Wildman–Crippen MR) is 64.7 cm³/mol. The van der Waals surface area contributed by atoms with E-state index in [2.05, 4.69) is 42.6 Å². The van der Waals surface area contributed by atoms with Gasteiger partial charge in [0, 0.05) is 12.6 Å². The van der Waals surface area contributed by atoms with Gasteiger partial charge in [-0.15, -0.1) is 0 Å². The second-order valence-corrected chi connectivity index (χ2v) is 4.84. The highest BCUT2D eigenvalue weighted by Gasteiger charge is 2.17. The molecule has 0 heterocycles. The van der Waals surface area contributed by atoms with E-state index >= 15 is 0 Å². The highest BCUT2D eigenvalue weighted by molar-refractivity contribution is 5.14. The van der Waals surface area contributed by atoms with Crippen LogP contribution >= 0.6 is 0 Å². The number of nitrogens with one attached hydrogen (secondary N) is 1. The Labute approximate surface area is 92.9 Å². The zero-order chi connectivity index (χ0) is 10.5. The monoisotopic (exact) mass is 203 g/mol. The van der Waals surface area contributed by atoms with Crippen molar-refractivity contribution in [3.8, 4) is 0 Å². The summed E-state index contributed by atoms with van der Waals surface area (Å²) in [6.07, 6.45) is 5.53. The average molecular weight is 203 g/mol. The fourth-order valence-corrected chi connectivity index (χ4v) is 2.48. The van der Waals surface area contributed by atoms with Crippen molar-refractivity contribution < 1.29 is 0 Å². The van der Waals surface area contributed by atoms with E-state index in [0.29, 0.717) is 0 Å². The lowest BCUT2D eigenvalue weighted by Crippen LogP contribution is -2.33. The maximum atomic E-state index is 3.67. The second-order valence-electron chi connectivity index (χ2n) is 4.84. The largest absolute Gasteiger partial charge is 0.310 e. The SMILES string of the molecule is C[C@H]1CCC[C@@H](NCc2ccccc2)C1. The van der Waals surface area contributed by atoms with E-state index in [1.807, 2.05) is 0 Å². The van der Waals surface area contributed by atoms with Crippen LogP contribution < -0.4 is 5.32 Å². The Bertz CT molecular complexity index is 281. The Hall–Kier alpha value is -0.820. The maximum absolute atomic E-state index is 3.67. The molecule has 2 rings (SSSR count). The molecular weight excluding hydrogens is 182 g/mol.